The fraction of sp³-hybridized carbons (Fsp3) is 0.312. The summed E-state index contributed by atoms with van der Waals surface area (Å²) in [5.41, 5.74) is 1.70. The van der Waals surface area contributed by atoms with E-state index in [0.29, 0.717) is 35.0 Å². The summed E-state index contributed by atoms with van der Waals surface area (Å²) in [5, 5.41) is 5.52. The van der Waals surface area contributed by atoms with Gasteiger partial charge in [-0.05, 0) is 18.6 Å². The third-order valence-electron chi connectivity index (χ3n) is 3.46. The summed E-state index contributed by atoms with van der Waals surface area (Å²) in [6.45, 7) is 2.77. The molecule has 0 aromatic carbocycles. The topological polar surface area (TPSA) is 108 Å². The molecule has 8 heteroatoms. The van der Waals surface area contributed by atoms with Crippen molar-refractivity contribution in [2.24, 2.45) is 0 Å². The second-order valence-electron chi connectivity index (χ2n) is 5.32. The molecule has 3 N–H and O–H groups in total. The fourth-order valence-electron chi connectivity index (χ4n) is 2.22. The standard InChI is InChI=1S/C16H19N7O/c1-2-3-4-7-19-16(24)23-13-6-5-11-15(22-13)21-12(10-20-11)14-17-8-9-18-14/h5-6,8-10H,2-4,7H2,1H3,(H,17,18)(H2,19,21,22,23,24). The van der Waals surface area contributed by atoms with E-state index in [9.17, 15) is 4.79 Å². The van der Waals surface area contributed by atoms with E-state index >= 15 is 0 Å². The zero-order valence-electron chi connectivity index (χ0n) is 13.4. The molecule has 0 spiro atoms. The van der Waals surface area contributed by atoms with Gasteiger partial charge in [-0.3, -0.25) is 10.3 Å². The van der Waals surface area contributed by atoms with Gasteiger partial charge in [0.2, 0.25) is 0 Å². The number of urea groups is 1. The number of carbonyl (C=O) groups is 1. The number of hydrogen-bond acceptors (Lipinski definition) is 5. The van der Waals surface area contributed by atoms with Crippen molar-refractivity contribution in [1.82, 2.24) is 30.2 Å². The fourth-order valence-corrected chi connectivity index (χ4v) is 2.22. The Bertz CT molecular complexity index is 816. The van der Waals surface area contributed by atoms with Crippen LogP contribution in [0.2, 0.25) is 0 Å². The van der Waals surface area contributed by atoms with Crippen LogP contribution in [0, 0.1) is 0 Å². The lowest BCUT2D eigenvalue weighted by Gasteiger charge is -2.07. The van der Waals surface area contributed by atoms with Crippen LogP contribution in [0.25, 0.3) is 22.7 Å². The molecule has 0 fully saturated rings. The largest absolute Gasteiger partial charge is 0.343 e. The Morgan fingerprint density at radius 3 is 2.92 bits per heavy atom. The first-order chi connectivity index (χ1) is 11.8. The van der Waals surface area contributed by atoms with E-state index in [4.69, 9.17) is 0 Å². The van der Waals surface area contributed by atoms with Crippen molar-refractivity contribution in [3.05, 3.63) is 30.7 Å². The van der Waals surface area contributed by atoms with E-state index in [-0.39, 0.29) is 6.03 Å². The lowest BCUT2D eigenvalue weighted by molar-refractivity contribution is 0.252. The van der Waals surface area contributed by atoms with Crippen molar-refractivity contribution in [3.63, 3.8) is 0 Å². The van der Waals surface area contributed by atoms with Crippen LogP contribution >= 0.6 is 0 Å². The van der Waals surface area contributed by atoms with Gasteiger partial charge < -0.3 is 10.3 Å². The molecule has 0 aliphatic rings. The van der Waals surface area contributed by atoms with E-state index in [1.165, 1.54) is 0 Å². The van der Waals surface area contributed by atoms with Gasteiger partial charge in [0.25, 0.3) is 0 Å². The summed E-state index contributed by atoms with van der Waals surface area (Å²) in [5.74, 6) is 1.06. The summed E-state index contributed by atoms with van der Waals surface area (Å²) in [6.07, 6.45) is 8.18. The number of H-pyrrole nitrogens is 1. The van der Waals surface area contributed by atoms with Crippen LogP contribution in [0.15, 0.2) is 30.7 Å². The minimum absolute atomic E-state index is 0.270. The van der Waals surface area contributed by atoms with E-state index < -0.39 is 0 Å². The molecule has 24 heavy (non-hydrogen) atoms. The second kappa shape index (κ2) is 7.49. The highest BCUT2D eigenvalue weighted by atomic mass is 16.2. The van der Waals surface area contributed by atoms with Crippen LogP contribution in [0.1, 0.15) is 26.2 Å². The quantitative estimate of drug-likeness (QED) is 0.604. The number of unbranched alkanes of at least 4 members (excludes halogenated alkanes) is 2. The molecule has 3 aromatic heterocycles. The van der Waals surface area contributed by atoms with E-state index in [2.05, 4.69) is 42.5 Å². The normalized spacial score (nSPS) is 10.7. The van der Waals surface area contributed by atoms with Crippen molar-refractivity contribution >= 4 is 23.0 Å². The van der Waals surface area contributed by atoms with E-state index in [1.54, 1.807) is 30.7 Å². The van der Waals surface area contributed by atoms with Gasteiger partial charge in [-0.1, -0.05) is 19.8 Å². The molecule has 0 radical (unpaired) electrons. The van der Waals surface area contributed by atoms with Crippen molar-refractivity contribution in [2.45, 2.75) is 26.2 Å². The molecule has 3 rings (SSSR count). The summed E-state index contributed by atoms with van der Waals surface area (Å²) in [7, 11) is 0. The van der Waals surface area contributed by atoms with Gasteiger partial charge in [-0.2, -0.15) is 0 Å². The number of anilines is 1. The Morgan fingerprint density at radius 2 is 2.12 bits per heavy atom. The van der Waals surface area contributed by atoms with Gasteiger partial charge in [0, 0.05) is 18.9 Å². The van der Waals surface area contributed by atoms with Gasteiger partial charge >= 0.3 is 6.03 Å². The van der Waals surface area contributed by atoms with Crippen LogP contribution in [0.4, 0.5) is 10.6 Å². The van der Waals surface area contributed by atoms with Gasteiger partial charge in [0.05, 0.1) is 6.20 Å². The predicted octanol–water partition coefficient (Wildman–Crippen LogP) is 2.73. The van der Waals surface area contributed by atoms with Gasteiger partial charge in [0.1, 0.15) is 17.0 Å². The third-order valence-corrected chi connectivity index (χ3v) is 3.46. The first kappa shape index (κ1) is 15.9. The molecule has 0 aliphatic heterocycles. The highest BCUT2D eigenvalue weighted by molar-refractivity contribution is 5.89. The maximum atomic E-state index is 11.9. The Balaban J connectivity index is 1.71. The molecular weight excluding hydrogens is 306 g/mol. The Hall–Kier alpha value is -3.03. The third kappa shape index (κ3) is 3.83. The Morgan fingerprint density at radius 1 is 1.21 bits per heavy atom. The first-order valence-electron chi connectivity index (χ1n) is 7.94. The lowest BCUT2D eigenvalue weighted by atomic mass is 10.2. The van der Waals surface area contributed by atoms with Gasteiger partial charge in [0.15, 0.2) is 11.5 Å². The monoisotopic (exact) mass is 325 g/mol. The number of imidazole rings is 1. The number of carbonyl (C=O) groups excluding carboxylic acids is 1. The number of pyridine rings is 1. The molecule has 0 bridgehead atoms. The van der Waals surface area contributed by atoms with E-state index in [0.717, 1.165) is 19.3 Å². The smallest absolute Gasteiger partial charge is 0.320 e. The van der Waals surface area contributed by atoms with Crippen molar-refractivity contribution in [1.29, 1.82) is 0 Å². The highest BCUT2D eigenvalue weighted by Crippen LogP contribution is 2.16. The zero-order chi connectivity index (χ0) is 16.8. The molecule has 2 amide bonds. The molecular formula is C16H19N7O. The summed E-state index contributed by atoms with van der Waals surface area (Å²) in [4.78, 5) is 32.1. The number of aromatic amines is 1. The second-order valence-corrected chi connectivity index (χ2v) is 5.32. The van der Waals surface area contributed by atoms with Gasteiger partial charge in [-0.25, -0.2) is 19.7 Å². The van der Waals surface area contributed by atoms with Crippen LogP contribution in [0.3, 0.4) is 0 Å². The number of rotatable bonds is 6. The molecule has 0 saturated carbocycles. The Labute approximate surface area is 139 Å². The van der Waals surface area contributed by atoms with Crippen LogP contribution < -0.4 is 10.6 Å². The summed E-state index contributed by atoms with van der Waals surface area (Å²) < 4.78 is 0. The number of aromatic nitrogens is 5. The lowest BCUT2D eigenvalue weighted by Crippen LogP contribution is -2.29. The summed E-state index contributed by atoms with van der Waals surface area (Å²) >= 11 is 0. The molecule has 0 saturated heterocycles. The molecule has 8 nitrogen and oxygen atoms in total. The SMILES string of the molecule is CCCCCNC(=O)Nc1ccc2ncc(-c3ncc[nH]3)nc2n1. The molecule has 3 aromatic rings. The molecule has 0 unspecified atom stereocenters. The van der Waals surface area contributed by atoms with E-state index in [1.807, 2.05) is 0 Å². The number of nitrogens with zero attached hydrogens (tertiary/aromatic N) is 4. The average molecular weight is 325 g/mol. The average Bonchev–Trinajstić information content (AvgIpc) is 3.13. The molecule has 0 atom stereocenters. The molecule has 0 aliphatic carbocycles. The number of nitrogens with one attached hydrogen (secondary N) is 3. The zero-order valence-corrected chi connectivity index (χ0v) is 13.4. The first-order valence-corrected chi connectivity index (χ1v) is 7.94. The highest BCUT2D eigenvalue weighted by Gasteiger charge is 2.08. The number of amides is 2. The maximum absolute atomic E-state index is 11.9. The van der Waals surface area contributed by atoms with Crippen LogP contribution in [-0.4, -0.2) is 37.5 Å². The minimum atomic E-state index is -0.270. The van der Waals surface area contributed by atoms with Crippen molar-refractivity contribution in [2.75, 3.05) is 11.9 Å². The number of fused-ring (bicyclic) bond motifs is 1. The maximum Gasteiger partial charge on any atom is 0.320 e. The molecule has 124 valence electrons. The van der Waals surface area contributed by atoms with Crippen molar-refractivity contribution in [3.8, 4) is 11.5 Å². The number of hydrogen-bond donors (Lipinski definition) is 3. The minimum Gasteiger partial charge on any atom is -0.343 e. The van der Waals surface area contributed by atoms with Crippen LogP contribution in [-0.2, 0) is 0 Å². The van der Waals surface area contributed by atoms with Crippen LogP contribution in [0.5, 0.6) is 0 Å². The molecule has 3 heterocycles. The predicted molar refractivity (Wildman–Crippen MR) is 91.5 cm³/mol. The van der Waals surface area contributed by atoms with Crippen molar-refractivity contribution < 1.29 is 4.79 Å². The Kier molecular flexibility index (Phi) is 4.95. The summed E-state index contributed by atoms with van der Waals surface area (Å²) in [6, 6.07) is 3.21. The van der Waals surface area contributed by atoms with Gasteiger partial charge in [-0.15, -0.1) is 0 Å².